The third-order valence-electron chi connectivity index (χ3n) is 3.15. The van der Waals surface area contributed by atoms with Crippen LogP contribution in [0, 0.1) is 6.92 Å². The normalized spacial score (nSPS) is 12.6. The van der Waals surface area contributed by atoms with Crippen molar-refractivity contribution in [2.24, 2.45) is 0 Å². The molecule has 1 atom stereocenters. The van der Waals surface area contributed by atoms with E-state index in [9.17, 15) is 4.79 Å². The number of halogens is 4. The van der Waals surface area contributed by atoms with E-state index in [1.807, 2.05) is 31.2 Å². The Morgan fingerprint density at radius 3 is 2.22 bits per heavy atom. The summed E-state index contributed by atoms with van der Waals surface area (Å²) in [4.78, 5) is 12.3. The van der Waals surface area contributed by atoms with Crippen LogP contribution in [0.5, 0.6) is 0 Å². The molecule has 1 amide bonds. The minimum Gasteiger partial charge on any atom is -0.362 e. The Balaban J connectivity index is 2.18. The van der Waals surface area contributed by atoms with E-state index < -0.39 is 9.96 Å². The number of hydrogen-bond donors (Lipinski definition) is 2. The maximum Gasteiger partial charge on any atom is 0.252 e. The number of carbonyl (C=O) groups is 1. The fraction of sp³-hybridized carbons (Fsp3) is 0.188. The number of anilines is 1. The SMILES string of the molecule is Cc1ccccc1NC(NC(=O)c1ccc(Cl)cc1)C(Cl)(Cl)Cl. The number of rotatable bonds is 4. The molecule has 0 heterocycles. The summed E-state index contributed by atoms with van der Waals surface area (Å²) in [6.07, 6.45) is -0.906. The number of para-hydroxylation sites is 1. The van der Waals surface area contributed by atoms with Crippen LogP contribution in [-0.2, 0) is 0 Å². The van der Waals surface area contributed by atoms with Crippen molar-refractivity contribution in [2.45, 2.75) is 16.9 Å². The van der Waals surface area contributed by atoms with Crippen LogP contribution in [-0.4, -0.2) is 15.9 Å². The van der Waals surface area contributed by atoms with Crippen molar-refractivity contribution in [3.8, 4) is 0 Å². The Morgan fingerprint density at radius 1 is 1.04 bits per heavy atom. The molecule has 0 saturated carbocycles. The van der Waals surface area contributed by atoms with Gasteiger partial charge in [-0.25, -0.2) is 0 Å². The first-order valence-electron chi connectivity index (χ1n) is 6.72. The van der Waals surface area contributed by atoms with Gasteiger partial charge in [0.05, 0.1) is 0 Å². The van der Waals surface area contributed by atoms with Crippen LogP contribution in [0.4, 0.5) is 5.69 Å². The lowest BCUT2D eigenvalue weighted by atomic mass is 10.2. The summed E-state index contributed by atoms with van der Waals surface area (Å²) in [5.74, 6) is -0.376. The van der Waals surface area contributed by atoms with Gasteiger partial charge in [0.15, 0.2) is 0 Å². The molecule has 2 aromatic carbocycles. The lowest BCUT2D eigenvalue weighted by molar-refractivity contribution is 0.0942. The number of nitrogens with one attached hydrogen (secondary N) is 2. The molecule has 0 radical (unpaired) electrons. The molecule has 0 bridgehead atoms. The van der Waals surface area contributed by atoms with Crippen LogP contribution in [0.15, 0.2) is 48.5 Å². The quantitative estimate of drug-likeness (QED) is 0.556. The molecular weight excluding hydrogens is 378 g/mol. The molecule has 1 unspecified atom stereocenters. The molecule has 2 aromatic rings. The Bertz CT molecular complexity index is 683. The van der Waals surface area contributed by atoms with Crippen molar-refractivity contribution < 1.29 is 4.79 Å². The predicted octanol–water partition coefficient (Wildman–Crippen LogP) is 5.19. The molecule has 122 valence electrons. The average molecular weight is 392 g/mol. The van der Waals surface area contributed by atoms with Gasteiger partial charge in [0.25, 0.3) is 5.91 Å². The summed E-state index contributed by atoms with van der Waals surface area (Å²) in [5, 5.41) is 6.26. The average Bonchev–Trinajstić information content (AvgIpc) is 2.48. The van der Waals surface area contributed by atoms with Crippen molar-refractivity contribution in [1.82, 2.24) is 5.32 Å². The Labute approximate surface area is 154 Å². The summed E-state index contributed by atoms with van der Waals surface area (Å²) < 4.78 is -1.73. The first-order valence-corrected chi connectivity index (χ1v) is 8.24. The monoisotopic (exact) mass is 390 g/mol. The molecule has 7 heteroatoms. The third-order valence-corrected chi connectivity index (χ3v) is 4.06. The zero-order valence-electron chi connectivity index (χ0n) is 12.1. The van der Waals surface area contributed by atoms with Crippen LogP contribution in [0.1, 0.15) is 15.9 Å². The molecule has 0 fully saturated rings. The molecule has 3 nitrogen and oxygen atoms in total. The number of benzene rings is 2. The van der Waals surface area contributed by atoms with Gasteiger partial charge in [0.2, 0.25) is 3.79 Å². The largest absolute Gasteiger partial charge is 0.362 e. The highest BCUT2D eigenvalue weighted by Gasteiger charge is 2.34. The van der Waals surface area contributed by atoms with Gasteiger partial charge in [0.1, 0.15) is 6.17 Å². The van der Waals surface area contributed by atoms with Gasteiger partial charge in [-0.05, 0) is 42.8 Å². The first-order chi connectivity index (χ1) is 10.8. The lowest BCUT2D eigenvalue weighted by Gasteiger charge is -2.28. The zero-order chi connectivity index (χ0) is 17.0. The molecule has 0 aliphatic heterocycles. The first kappa shape index (κ1) is 18.2. The fourth-order valence-electron chi connectivity index (χ4n) is 1.91. The second-order valence-electron chi connectivity index (χ2n) is 4.91. The van der Waals surface area contributed by atoms with Gasteiger partial charge in [0, 0.05) is 16.3 Å². The Morgan fingerprint density at radius 2 is 1.65 bits per heavy atom. The maximum atomic E-state index is 12.3. The van der Waals surface area contributed by atoms with E-state index in [0.29, 0.717) is 10.6 Å². The van der Waals surface area contributed by atoms with E-state index in [1.165, 1.54) is 0 Å². The second kappa shape index (κ2) is 7.63. The topological polar surface area (TPSA) is 41.1 Å². The van der Waals surface area contributed by atoms with Gasteiger partial charge in [-0.3, -0.25) is 4.79 Å². The van der Waals surface area contributed by atoms with E-state index in [-0.39, 0.29) is 5.91 Å². The summed E-state index contributed by atoms with van der Waals surface area (Å²) >= 11 is 23.8. The van der Waals surface area contributed by atoms with Crippen LogP contribution >= 0.6 is 46.4 Å². The molecule has 2 rings (SSSR count). The summed E-state index contributed by atoms with van der Waals surface area (Å²) in [7, 11) is 0. The third kappa shape index (κ3) is 5.18. The molecule has 2 N–H and O–H groups in total. The van der Waals surface area contributed by atoms with E-state index >= 15 is 0 Å². The summed E-state index contributed by atoms with van der Waals surface area (Å²) in [6, 6.07) is 13.9. The number of hydrogen-bond acceptors (Lipinski definition) is 2. The highest BCUT2D eigenvalue weighted by Crippen LogP contribution is 2.32. The minimum absolute atomic E-state index is 0.376. The standard InChI is InChI=1S/C16H14Cl4N2O/c1-10-4-2-3-5-13(10)21-15(16(18,19)20)22-14(23)11-6-8-12(17)9-7-11/h2-9,15,21H,1H3,(H,22,23). The van der Waals surface area contributed by atoms with Crippen molar-refractivity contribution in [3.63, 3.8) is 0 Å². The number of carbonyl (C=O) groups excluding carboxylic acids is 1. The van der Waals surface area contributed by atoms with Gasteiger partial charge >= 0.3 is 0 Å². The smallest absolute Gasteiger partial charge is 0.252 e. The highest BCUT2D eigenvalue weighted by atomic mass is 35.6. The maximum absolute atomic E-state index is 12.3. The van der Waals surface area contributed by atoms with Crippen LogP contribution in [0.2, 0.25) is 5.02 Å². The van der Waals surface area contributed by atoms with Crippen LogP contribution in [0.25, 0.3) is 0 Å². The van der Waals surface area contributed by atoms with E-state index in [2.05, 4.69) is 10.6 Å². The van der Waals surface area contributed by atoms with Crippen molar-refractivity contribution in [2.75, 3.05) is 5.32 Å². The predicted molar refractivity (Wildman–Crippen MR) is 97.8 cm³/mol. The fourth-order valence-corrected chi connectivity index (χ4v) is 2.36. The zero-order valence-corrected chi connectivity index (χ0v) is 15.1. The van der Waals surface area contributed by atoms with Crippen LogP contribution < -0.4 is 10.6 Å². The van der Waals surface area contributed by atoms with Gasteiger partial charge < -0.3 is 10.6 Å². The molecule has 0 spiro atoms. The molecule has 0 aliphatic rings. The Kier molecular flexibility index (Phi) is 6.04. The van der Waals surface area contributed by atoms with Crippen molar-refractivity contribution in [3.05, 3.63) is 64.7 Å². The molecule has 0 aromatic heterocycles. The van der Waals surface area contributed by atoms with E-state index in [1.54, 1.807) is 24.3 Å². The number of alkyl halides is 3. The highest BCUT2D eigenvalue weighted by molar-refractivity contribution is 6.68. The van der Waals surface area contributed by atoms with Gasteiger partial charge in [-0.15, -0.1) is 0 Å². The van der Waals surface area contributed by atoms with Crippen molar-refractivity contribution >= 4 is 58.0 Å². The molecule has 0 saturated heterocycles. The molecular formula is C16H14Cl4N2O. The van der Waals surface area contributed by atoms with Crippen molar-refractivity contribution in [1.29, 1.82) is 0 Å². The van der Waals surface area contributed by atoms with E-state index in [4.69, 9.17) is 46.4 Å². The molecule has 0 aliphatic carbocycles. The Hall–Kier alpha value is -1.13. The minimum atomic E-state index is -1.73. The summed E-state index contributed by atoms with van der Waals surface area (Å²) in [6.45, 7) is 1.92. The molecule has 23 heavy (non-hydrogen) atoms. The van der Waals surface area contributed by atoms with Crippen LogP contribution in [0.3, 0.4) is 0 Å². The van der Waals surface area contributed by atoms with Gasteiger partial charge in [-0.2, -0.15) is 0 Å². The number of aryl methyl sites for hydroxylation is 1. The lowest BCUT2D eigenvalue weighted by Crippen LogP contribution is -2.49. The second-order valence-corrected chi connectivity index (χ2v) is 7.72. The van der Waals surface area contributed by atoms with Gasteiger partial charge in [-0.1, -0.05) is 64.6 Å². The van der Waals surface area contributed by atoms with E-state index in [0.717, 1.165) is 11.3 Å². The summed E-state index contributed by atoms with van der Waals surface area (Å²) in [5.41, 5.74) is 2.15. The number of amides is 1.